The van der Waals surface area contributed by atoms with E-state index in [9.17, 15) is 18.0 Å². The normalized spacial score (nSPS) is 11.7. The second-order valence-electron chi connectivity index (χ2n) is 3.42. The molecule has 0 spiro atoms. The van der Waals surface area contributed by atoms with Gasteiger partial charge in [0.05, 0.1) is 17.3 Å². The molecule has 1 heterocycles. The first kappa shape index (κ1) is 14.8. The Morgan fingerprint density at radius 3 is 2.50 bits per heavy atom. The molecule has 0 radical (unpaired) electrons. The molecule has 0 atom stereocenters. The van der Waals surface area contributed by atoms with Crippen LogP contribution in [0.15, 0.2) is 0 Å². The Morgan fingerprint density at radius 2 is 2.06 bits per heavy atom. The molecule has 0 amide bonds. The maximum Gasteiger partial charge on any atom is 0.436 e. The number of nitrogens with zero attached hydrogens (tertiary/aromatic N) is 2. The smallest absolute Gasteiger partial charge is 0.436 e. The molecule has 18 heavy (non-hydrogen) atoms. The van der Waals surface area contributed by atoms with Gasteiger partial charge in [0.2, 0.25) is 0 Å². The van der Waals surface area contributed by atoms with E-state index in [2.05, 4.69) is 9.84 Å². The average Bonchev–Trinajstić information content (AvgIpc) is 2.54. The van der Waals surface area contributed by atoms with Crippen LogP contribution in [0, 0.1) is 0 Å². The molecule has 0 bridgehead atoms. The van der Waals surface area contributed by atoms with Crippen LogP contribution in [0.2, 0.25) is 5.02 Å². The Bertz CT molecular complexity index is 443. The quantitative estimate of drug-likeness (QED) is 0.799. The van der Waals surface area contributed by atoms with Gasteiger partial charge in [0.25, 0.3) is 0 Å². The van der Waals surface area contributed by atoms with E-state index in [0.29, 0.717) is 0 Å². The summed E-state index contributed by atoms with van der Waals surface area (Å²) >= 11 is 5.62. The number of hydrogen-bond acceptors (Lipinski definition) is 3. The van der Waals surface area contributed by atoms with Gasteiger partial charge >= 0.3 is 12.1 Å². The van der Waals surface area contributed by atoms with Gasteiger partial charge in [-0.3, -0.25) is 9.48 Å². The van der Waals surface area contributed by atoms with Crippen LogP contribution in [0.25, 0.3) is 0 Å². The summed E-state index contributed by atoms with van der Waals surface area (Å²) in [6, 6.07) is 0. The van der Waals surface area contributed by atoms with E-state index in [1.807, 2.05) is 0 Å². The molecule has 8 heteroatoms. The summed E-state index contributed by atoms with van der Waals surface area (Å²) in [7, 11) is 0. The van der Waals surface area contributed by atoms with Crippen LogP contribution < -0.4 is 0 Å². The molecule has 0 unspecified atom stereocenters. The third-order valence-electron chi connectivity index (χ3n) is 2.18. The van der Waals surface area contributed by atoms with Crippen molar-refractivity contribution in [3.05, 3.63) is 16.4 Å². The third-order valence-corrected chi connectivity index (χ3v) is 2.58. The van der Waals surface area contributed by atoms with Crippen LogP contribution in [0.4, 0.5) is 13.2 Å². The number of carbonyl (C=O) groups is 1. The van der Waals surface area contributed by atoms with Gasteiger partial charge in [-0.15, -0.1) is 0 Å². The van der Waals surface area contributed by atoms with Gasteiger partial charge in [-0.2, -0.15) is 18.3 Å². The van der Waals surface area contributed by atoms with E-state index >= 15 is 0 Å². The summed E-state index contributed by atoms with van der Waals surface area (Å²) in [5.74, 6) is -0.653. The minimum atomic E-state index is -4.64. The Balaban J connectivity index is 3.09. The molecule has 0 N–H and O–H groups in total. The Labute approximate surface area is 107 Å². The van der Waals surface area contributed by atoms with Gasteiger partial charge in [-0.25, -0.2) is 0 Å². The first-order valence-electron chi connectivity index (χ1n) is 5.29. The highest BCUT2D eigenvalue weighted by atomic mass is 35.5. The fourth-order valence-electron chi connectivity index (χ4n) is 1.45. The van der Waals surface area contributed by atoms with Crippen molar-refractivity contribution in [2.75, 3.05) is 6.61 Å². The molecule has 0 aliphatic carbocycles. The molecule has 0 aliphatic rings. The second-order valence-corrected chi connectivity index (χ2v) is 3.80. The lowest BCUT2D eigenvalue weighted by Gasteiger charge is -2.05. The zero-order valence-corrected chi connectivity index (χ0v) is 10.6. The molecule has 0 saturated heterocycles. The highest BCUT2D eigenvalue weighted by Gasteiger charge is 2.38. The van der Waals surface area contributed by atoms with Crippen molar-refractivity contribution in [3.8, 4) is 0 Å². The van der Waals surface area contributed by atoms with Crippen molar-refractivity contribution in [1.29, 1.82) is 0 Å². The van der Waals surface area contributed by atoms with Crippen molar-refractivity contribution in [2.24, 2.45) is 0 Å². The maximum atomic E-state index is 12.6. The van der Waals surface area contributed by atoms with E-state index in [1.165, 1.54) is 0 Å². The predicted molar refractivity (Wildman–Crippen MR) is 58.3 cm³/mol. The molecule has 1 rings (SSSR count). The number of alkyl halides is 3. The zero-order chi connectivity index (χ0) is 13.9. The molecule has 1 aromatic heterocycles. The number of esters is 1. The van der Waals surface area contributed by atoms with Crippen molar-refractivity contribution in [3.63, 3.8) is 0 Å². The minimum absolute atomic E-state index is 0.154. The molecule has 4 nitrogen and oxygen atoms in total. The highest BCUT2D eigenvalue weighted by molar-refractivity contribution is 6.32. The standard InChI is InChI=1S/C10H12ClF3N2O2/c1-3-6-8(11)9(10(12,13)14)15-16(6)5-7(17)18-4-2/h3-5H2,1-2H3. The van der Waals surface area contributed by atoms with Gasteiger partial charge in [-0.1, -0.05) is 18.5 Å². The van der Waals surface area contributed by atoms with E-state index in [-0.39, 0.29) is 25.3 Å². The molecule has 0 fully saturated rings. The van der Waals surface area contributed by atoms with Crippen LogP contribution in [-0.2, 0) is 28.7 Å². The lowest BCUT2D eigenvalue weighted by atomic mass is 10.3. The monoisotopic (exact) mass is 284 g/mol. The number of aromatic nitrogens is 2. The highest BCUT2D eigenvalue weighted by Crippen LogP contribution is 2.35. The molecule has 0 aliphatic heterocycles. The zero-order valence-electron chi connectivity index (χ0n) is 9.84. The van der Waals surface area contributed by atoms with Gasteiger partial charge in [-0.05, 0) is 13.3 Å². The molecule has 0 aromatic carbocycles. The van der Waals surface area contributed by atoms with Gasteiger partial charge < -0.3 is 4.74 Å². The summed E-state index contributed by atoms with van der Waals surface area (Å²) in [5, 5.41) is 2.87. The number of carbonyl (C=O) groups excluding carboxylic acids is 1. The van der Waals surface area contributed by atoms with Crippen molar-refractivity contribution in [2.45, 2.75) is 33.0 Å². The fraction of sp³-hybridized carbons (Fsp3) is 0.600. The van der Waals surface area contributed by atoms with E-state index in [1.54, 1.807) is 13.8 Å². The summed E-state index contributed by atoms with van der Waals surface area (Å²) in [4.78, 5) is 11.2. The average molecular weight is 285 g/mol. The molecule has 0 saturated carbocycles. The lowest BCUT2D eigenvalue weighted by molar-refractivity contribution is -0.146. The first-order valence-corrected chi connectivity index (χ1v) is 5.67. The van der Waals surface area contributed by atoms with Crippen LogP contribution in [0.3, 0.4) is 0 Å². The molecular weight excluding hydrogens is 273 g/mol. The number of rotatable bonds is 4. The summed E-state index contributed by atoms with van der Waals surface area (Å²) in [5.41, 5.74) is -1.01. The number of ether oxygens (including phenoxy) is 1. The number of halogens is 4. The van der Waals surface area contributed by atoms with E-state index in [4.69, 9.17) is 11.6 Å². The van der Waals surface area contributed by atoms with Crippen molar-refractivity contribution < 1.29 is 22.7 Å². The SMILES string of the molecule is CCOC(=O)Cn1nc(C(F)(F)F)c(Cl)c1CC. The Kier molecular flexibility index (Phi) is 4.61. The molecular formula is C10H12ClF3N2O2. The van der Waals surface area contributed by atoms with Crippen LogP contribution in [-0.4, -0.2) is 22.4 Å². The summed E-state index contributed by atoms with van der Waals surface area (Å²) in [6.45, 7) is 3.01. The molecule has 1 aromatic rings. The number of hydrogen-bond donors (Lipinski definition) is 0. The van der Waals surface area contributed by atoms with Crippen LogP contribution >= 0.6 is 11.6 Å². The summed E-state index contributed by atoms with van der Waals surface area (Å²) < 4.78 is 43.4. The minimum Gasteiger partial charge on any atom is -0.465 e. The molecule has 102 valence electrons. The first-order chi connectivity index (χ1) is 8.31. The largest absolute Gasteiger partial charge is 0.465 e. The van der Waals surface area contributed by atoms with E-state index < -0.39 is 22.9 Å². The topological polar surface area (TPSA) is 44.1 Å². The van der Waals surface area contributed by atoms with E-state index in [0.717, 1.165) is 4.68 Å². The second kappa shape index (κ2) is 5.60. The summed E-state index contributed by atoms with van der Waals surface area (Å²) in [6.07, 6.45) is -4.40. The van der Waals surface area contributed by atoms with Crippen LogP contribution in [0.1, 0.15) is 25.2 Å². The fourth-order valence-corrected chi connectivity index (χ4v) is 1.83. The lowest BCUT2D eigenvalue weighted by Crippen LogP contribution is -2.17. The van der Waals surface area contributed by atoms with Gasteiger partial charge in [0.15, 0.2) is 5.69 Å². The maximum absolute atomic E-state index is 12.6. The predicted octanol–water partition coefficient (Wildman–Crippen LogP) is 2.68. The van der Waals surface area contributed by atoms with Crippen LogP contribution in [0.5, 0.6) is 0 Å². The van der Waals surface area contributed by atoms with Gasteiger partial charge in [0, 0.05) is 0 Å². The van der Waals surface area contributed by atoms with Crippen molar-refractivity contribution in [1.82, 2.24) is 9.78 Å². The third kappa shape index (κ3) is 3.16. The van der Waals surface area contributed by atoms with Crippen molar-refractivity contribution >= 4 is 17.6 Å². The van der Waals surface area contributed by atoms with Gasteiger partial charge in [0.1, 0.15) is 6.54 Å². The Hall–Kier alpha value is -1.24. The Morgan fingerprint density at radius 1 is 1.44 bits per heavy atom.